The van der Waals surface area contributed by atoms with Crippen LogP contribution < -0.4 is 21.3 Å². The number of alkyl carbamates (subject to hydrolysis) is 2. The lowest BCUT2D eigenvalue weighted by Gasteiger charge is -2.20. The molecule has 0 spiro atoms. The molecule has 0 aliphatic rings. The van der Waals surface area contributed by atoms with Gasteiger partial charge in [-0.15, -0.1) is 0 Å². The number of guanidine groups is 1. The number of carbonyl (C=O) groups is 2. The van der Waals surface area contributed by atoms with Gasteiger partial charge >= 0.3 is 12.2 Å². The standard InChI is InChI=1S/C17H35N5O4/c1-16(2,3)25-14(23)21-10-8-9-19-13(18-7)20-11-12-22-15(24)26-17(4,5)6/h8-12H2,1-7H3,(H,21,23)(H,22,24)(H2,18,19,20). The van der Waals surface area contributed by atoms with E-state index < -0.39 is 23.4 Å². The van der Waals surface area contributed by atoms with Crippen LogP contribution in [0.4, 0.5) is 9.59 Å². The average Bonchev–Trinajstić information content (AvgIpc) is 2.45. The summed E-state index contributed by atoms with van der Waals surface area (Å²) in [6, 6.07) is 0. The SMILES string of the molecule is CN=C(NCCCNC(=O)OC(C)(C)C)NCCNC(=O)OC(C)(C)C. The number of nitrogens with one attached hydrogen (secondary N) is 4. The van der Waals surface area contributed by atoms with E-state index in [0.717, 1.165) is 6.42 Å². The number of rotatable bonds is 7. The summed E-state index contributed by atoms with van der Waals surface area (Å²) in [5.41, 5.74) is -1.01. The van der Waals surface area contributed by atoms with Crippen LogP contribution in [0, 0.1) is 0 Å². The van der Waals surface area contributed by atoms with Crippen LogP contribution in [0.25, 0.3) is 0 Å². The van der Waals surface area contributed by atoms with Crippen molar-refractivity contribution < 1.29 is 19.1 Å². The fourth-order valence-electron chi connectivity index (χ4n) is 1.68. The van der Waals surface area contributed by atoms with Crippen molar-refractivity contribution in [2.24, 2.45) is 4.99 Å². The zero-order chi connectivity index (χ0) is 20.2. The number of hydrogen-bond donors (Lipinski definition) is 4. The number of carbonyl (C=O) groups excluding carboxylic acids is 2. The van der Waals surface area contributed by atoms with Crippen LogP contribution in [0.15, 0.2) is 4.99 Å². The normalized spacial score (nSPS) is 12.2. The highest BCUT2D eigenvalue weighted by molar-refractivity contribution is 5.79. The Morgan fingerprint density at radius 1 is 0.731 bits per heavy atom. The summed E-state index contributed by atoms with van der Waals surface area (Å²) in [5, 5.41) is 11.5. The molecule has 0 unspecified atom stereocenters. The smallest absolute Gasteiger partial charge is 0.407 e. The molecular formula is C17H35N5O4. The first kappa shape index (κ1) is 23.8. The predicted molar refractivity (Wildman–Crippen MR) is 102 cm³/mol. The van der Waals surface area contributed by atoms with Gasteiger partial charge in [-0.2, -0.15) is 0 Å². The Balaban J connectivity index is 3.78. The molecule has 0 aromatic rings. The lowest BCUT2D eigenvalue weighted by atomic mass is 10.2. The Bertz CT molecular complexity index is 467. The third-order valence-corrected chi connectivity index (χ3v) is 2.62. The maximum atomic E-state index is 11.5. The number of ether oxygens (including phenoxy) is 2. The van der Waals surface area contributed by atoms with E-state index in [9.17, 15) is 9.59 Å². The summed E-state index contributed by atoms with van der Waals surface area (Å²) in [6.07, 6.45) is -0.153. The Hall–Kier alpha value is -2.19. The van der Waals surface area contributed by atoms with Gasteiger partial charge in [-0.1, -0.05) is 0 Å². The van der Waals surface area contributed by atoms with Crippen LogP contribution in [0.2, 0.25) is 0 Å². The van der Waals surface area contributed by atoms with Gasteiger partial charge in [0.05, 0.1) is 0 Å². The summed E-state index contributed by atoms with van der Waals surface area (Å²) in [4.78, 5) is 27.1. The molecule has 0 aliphatic heterocycles. The minimum absolute atomic E-state index is 0.413. The quantitative estimate of drug-likeness (QED) is 0.306. The molecule has 0 aromatic carbocycles. The highest BCUT2D eigenvalue weighted by Crippen LogP contribution is 2.06. The van der Waals surface area contributed by atoms with E-state index in [0.29, 0.717) is 32.1 Å². The van der Waals surface area contributed by atoms with Crippen LogP contribution in [0.1, 0.15) is 48.0 Å². The van der Waals surface area contributed by atoms with Crippen LogP contribution in [0.5, 0.6) is 0 Å². The number of aliphatic imine (C=N–C) groups is 1. The van der Waals surface area contributed by atoms with Gasteiger partial charge in [-0.25, -0.2) is 9.59 Å². The summed E-state index contributed by atoms with van der Waals surface area (Å²) >= 11 is 0. The molecule has 0 bridgehead atoms. The highest BCUT2D eigenvalue weighted by atomic mass is 16.6. The predicted octanol–water partition coefficient (Wildman–Crippen LogP) is 1.59. The van der Waals surface area contributed by atoms with E-state index in [4.69, 9.17) is 9.47 Å². The molecule has 0 atom stereocenters. The van der Waals surface area contributed by atoms with Crippen molar-refractivity contribution in [1.82, 2.24) is 21.3 Å². The van der Waals surface area contributed by atoms with Gasteiger partial charge in [-0.05, 0) is 48.0 Å². The van der Waals surface area contributed by atoms with Crippen molar-refractivity contribution in [1.29, 1.82) is 0 Å². The first-order valence-corrected chi connectivity index (χ1v) is 8.81. The maximum Gasteiger partial charge on any atom is 0.407 e. The van der Waals surface area contributed by atoms with E-state index >= 15 is 0 Å². The van der Waals surface area contributed by atoms with Crippen molar-refractivity contribution >= 4 is 18.1 Å². The second-order valence-corrected chi connectivity index (χ2v) is 7.64. The van der Waals surface area contributed by atoms with E-state index in [1.807, 2.05) is 41.5 Å². The van der Waals surface area contributed by atoms with Gasteiger partial charge in [-0.3, -0.25) is 4.99 Å². The minimum atomic E-state index is -0.511. The van der Waals surface area contributed by atoms with E-state index in [1.54, 1.807) is 7.05 Å². The first-order chi connectivity index (χ1) is 11.9. The molecule has 0 saturated carbocycles. The molecule has 26 heavy (non-hydrogen) atoms. The van der Waals surface area contributed by atoms with Gasteiger partial charge in [0, 0.05) is 33.2 Å². The van der Waals surface area contributed by atoms with Crippen molar-refractivity contribution in [2.45, 2.75) is 59.2 Å². The van der Waals surface area contributed by atoms with Crippen LogP contribution in [0.3, 0.4) is 0 Å². The third kappa shape index (κ3) is 15.3. The van der Waals surface area contributed by atoms with Gasteiger partial charge in [0.2, 0.25) is 0 Å². The van der Waals surface area contributed by atoms with E-state index in [1.165, 1.54) is 0 Å². The third-order valence-electron chi connectivity index (χ3n) is 2.62. The molecule has 0 aliphatic carbocycles. The molecule has 0 saturated heterocycles. The average molecular weight is 373 g/mol. The lowest BCUT2D eigenvalue weighted by Crippen LogP contribution is -2.43. The van der Waals surface area contributed by atoms with Crippen molar-refractivity contribution in [3.8, 4) is 0 Å². The van der Waals surface area contributed by atoms with Gasteiger partial charge < -0.3 is 30.7 Å². The summed E-state index contributed by atoms with van der Waals surface area (Å²) < 4.78 is 10.3. The van der Waals surface area contributed by atoms with Gasteiger partial charge in [0.15, 0.2) is 5.96 Å². The molecule has 0 aromatic heterocycles. The Morgan fingerprint density at radius 2 is 1.12 bits per heavy atom. The molecule has 4 N–H and O–H groups in total. The molecule has 9 heteroatoms. The first-order valence-electron chi connectivity index (χ1n) is 8.81. The number of amides is 2. The molecule has 2 amide bonds. The Kier molecular flexibility index (Phi) is 10.5. The highest BCUT2D eigenvalue weighted by Gasteiger charge is 2.16. The number of hydrogen-bond acceptors (Lipinski definition) is 5. The van der Waals surface area contributed by atoms with Crippen molar-refractivity contribution in [3.63, 3.8) is 0 Å². The number of nitrogens with zero attached hydrogens (tertiary/aromatic N) is 1. The molecule has 9 nitrogen and oxygen atoms in total. The van der Waals surface area contributed by atoms with Crippen molar-refractivity contribution in [2.75, 3.05) is 33.2 Å². The van der Waals surface area contributed by atoms with Crippen LogP contribution in [-0.2, 0) is 9.47 Å². The molecule has 0 rings (SSSR count). The summed E-state index contributed by atoms with van der Waals surface area (Å²) in [7, 11) is 1.66. The summed E-state index contributed by atoms with van der Waals surface area (Å²) in [6.45, 7) is 13.0. The second-order valence-electron chi connectivity index (χ2n) is 7.64. The van der Waals surface area contributed by atoms with Crippen LogP contribution in [-0.4, -0.2) is 62.6 Å². The fourth-order valence-corrected chi connectivity index (χ4v) is 1.68. The molecule has 152 valence electrons. The zero-order valence-corrected chi connectivity index (χ0v) is 17.1. The molecule has 0 fully saturated rings. The van der Waals surface area contributed by atoms with Gasteiger partial charge in [0.25, 0.3) is 0 Å². The Morgan fingerprint density at radius 3 is 1.58 bits per heavy atom. The summed E-state index contributed by atoms with van der Waals surface area (Å²) in [5.74, 6) is 0.619. The monoisotopic (exact) mass is 373 g/mol. The van der Waals surface area contributed by atoms with E-state index in [2.05, 4.69) is 26.3 Å². The maximum absolute atomic E-state index is 11.5. The topological polar surface area (TPSA) is 113 Å². The lowest BCUT2D eigenvalue weighted by molar-refractivity contribution is 0.0516. The van der Waals surface area contributed by atoms with E-state index in [-0.39, 0.29) is 0 Å². The fraction of sp³-hybridized carbons (Fsp3) is 0.824. The largest absolute Gasteiger partial charge is 0.444 e. The second kappa shape index (κ2) is 11.4. The van der Waals surface area contributed by atoms with Crippen molar-refractivity contribution in [3.05, 3.63) is 0 Å². The Labute approximate surface area is 156 Å². The minimum Gasteiger partial charge on any atom is -0.444 e. The van der Waals surface area contributed by atoms with Gasteiger partial charge in [0.1, 0.15) is 11.2 Å². The zero-order valence-electron chi connectivity index (χ0n) is 17.1. The molecular weight excluding hydrogens is 338 g/mol. The molecule has 0 heterocycles. The molecule has 0 radical (unpaired) electrons. The van der Waals surface area contributed by atoms with Crippen LogP contribution >= 0.6 is 0 Å².